The number of halogens is 3. The second-order valence-electron chi connectivity index (χ2n) is 6.59. The molecule has 1 heterocycles. The van der Waals surface area contributed by atoms with Gasteiger partial charge in [-0.05, 0) is 49.7 Å². The maximum atomic E-state index is 12.7. The average Bonchev–Trinajstić information content (AvgIpc) is 2.47. The molecule has 2 aliphatic carbocycles. The predicted molar refractivity (Wildman–Crippen MR) is 85.4 cm³/mol. The molecule has 24 heavy (non-hydrogen) atoms. The fourth-order valence-electron chi connectivity index (χ4n) is 4.01. The van der Waals surface area contributed by atoms with E-state index in [2.05, 4.69) is 10.3 Å². The molecule has 0 aromatic carbocycles. The predicted octanol–water partition coefficient (Wildman–Crippen LogP) is 3.33. The number of nitrogens with zero attached hydrogens (tertiary/aromatic N) is 1. The number of carbonyl (C=O) groups excluding carboxylic acids is 1. The van der Waals surface area contributed by atoms with Crippen LogP contribution >= 0.6 is 11.8 Å². The fraction of sp³-hybridized carbons (Fsp3) is 0.625. The van der Waals surface area contributed by atoms with Crippen molar-refractivity contribution in [3.8, 4) is 0 Å². The highest BCUT2D eigenvalue weighted by atomic mass is 32.2. The molecule has 2 saturated carbocycles. The summed E-state index contributed by atoms with van der Waals surface area (Å²) in [7, 11) is 0. The number of hydrogen-bond donors (Lipinski definition) is 2. The number of rotatable bonds is 3. The summed E-state index contributed by atoms with van der Waals surface area (Å²) in [5, 5.41) is 2.66. The minimum absolute atomic E-state index is 0.00464. The van der Waals surface area contributed by atoms with Gasteiger partial charge in [-0.15, -0.1) is 0 Å². The van der Waals surface area contributed by atoms with Crippen molar-refractivity contribution in [1.82, 2.24) is 10.3 Å². The largest absolute Gasteiger partial charge is 0.447 e. The molecule has 3 N–H and O–H groups in total. The quantitative estimate of drug-likeness (QED) is 0.813. The number of pyridine rings is 1. The Kier molecular flexibility index (Phi) is 5.05. The summed E-state index contributed by atoms with van der Waals surface area (Å²) in [5.74, 6) is 0.144. The molecule has 1 amide bonds. The van der Waals surface area contributed by atoms with Crippen LogP contribution < -0.4 is 11.1 Å². The molecule has 132 valence electrons. The molecule has 8 heteroatoms. The molecule has 0 aliphatic heterocycles. The molecule has 2 atom stereocenters. The van der Waals surface area contributed by atoms with E-state index in [4.69, 9.17) is 5.73 Å². The summed E-state index contributed by atoms with van der Waals surface area (Å²) in [6, 6.07) is 3.02. The first-order valence-corrected chi connectivity index (χ1v) is 8.92. The van der Waals surface area contributed by atoms with Crippen molar-refractivity contribution in [1.29, 1.82) is 0 Å². The van der Waals surface area contributed by atoms with Gasteiger partial charge in [0, 0.05) is 30.0 Å². The molecule has 0 spiro atoms. The van der Waals surface area contributed by atoms with E-state index < -0.39 is 11.4 Å². The molecule has 2 bridgehead atoms. The minimum Gasteiger partial charge on any atom is -0.349 e. The summed E-state index contributed by atoms with van der Waals surface area (Å²) in [4.78, 5) is 16.3. The topological polar surface area (TPSA) is 68.0 Å². The Morgan fingerprint density at radius 1 is 1.29 bits per heavy atom. The Hall–Kier alpha value is -1.28. The first-order chi connectivity index (χ1) is 11.3. The minimum atomic E-state index is -4.47. The highest BCUT2D eigenvalue weighted by Crippen LogP contribution is 2.40. The lowest BCUT2D eigenvalue weighted by Crippen LogP contribution is -2.53. The van der Waals surface area contributed by atoms with Gasteiger partial charge in [-0.25, -0.2) is 4.98 Å². The van der Waals surface area contributed by atoms with Crippen molar-refractivity contribution in [3.63, 3.8) is 0 Å². The van der Waals surface area contributed by atoms with Gasteiger partial charge >= 0.3 is 5.51 Å². The Morgan fingerprint density at radius 3 is 2.58 bits per heavy atom. The second-order valence-corrected chi connectivity index (χ2v) is 7.64. The first-order valence-electron chi connectivity index (χ1n) is 8.10. The Bertz CT molecular complexity index is 596. The van der Waals surface area contributed by atoms with Crippen LogP contribution in [0.25, 0.3) is 0 Å². The van der Waals surface area contributed by atoms with Gasteiger partial charge in [0.2, 0.25) is 0 Å². The molecule has 2 aliphatic rings. The number of aromatic nitrogens is 1. The van der Waals surface area contributed by atoms with Gasteiger partial charge in [0.25, 0.3) is 5.91 Å². The maximum Gasteiger partial charge on any atom is 0.447 e. The number of nitrogens with two attached hydrogens (primary N) is 1. The highest BCUT2D eigenvalue weighted by Gasteiger charge is 2.40. The fourth-order valence-corrected chi connectivity index (χ4v) is 4.61. The van der Waals surface area contributed by atoms with Crippen LogP contribution in [-0.4, -0.2) is 28.5 Å². The van der Waals surface area contributed by atoms with Gasteiger partial charge in [0.15, 0.2) is 0 Å². The van der Waals surface area contributed by atoms with Crippen LogP contribution in [-0.2, 0) is 0 Å². The number of carbonyl (C=O) groups is 1. The lowest BCUT2D eigenvalue weighted by atomic mass is 9.67. The van der Waals surface area contributed by atoms with Crippen molar-refractivity contribution >= 4 is 17.7 Å². The van der Waals surface area contributed by atoms with E-state index in [9.17, 15) is 18.0 Å². The summed E-state index contributed by atoms with van der Waals surface area (Å²) in [6.07, 6.45) is 6.12. The highest BCUT2D eigenvalue weighted by molar-refractivity contribution is 8.00. The molecule has 0 saturated heterocycles. The lowest BCUT2D eigenvalue weighted by Gasteiger charge is -2.45. The molecule has 2 unspecified atom stereocenters. The monoisotopic (exact) mass is 359 g/mol. The molecule has 3 rings (SSSR count). The number of nitrogens with one attached hydrogen (secondary N) is 1. The standard InChI is InChI=1S/C16H20F3N3OS/c17-16(18,19)24-15-12(5-2-6-21-15)14(23)22-13-9-3-1-4-10(13)8-11(20)7-9/h2,5-6,9-11,13H,1,3-4,7-8,20H2,(H,22,23). The Morgan fingerprint density at radius 2 is 1.96 bits per heavy atom. The smallest absolute Gasteiger partial charge is 0.349 e. The first kappa shape index (κ1) is 17.5. The van der Waals surface area contributed by atoms with Crippen LogP contribution in [0.4, 0.5) is 13.2 Å². The Balaban J connectivity index is 1.76. The van der Waals surface area contributed by atoms with E-state index in [1.807, 2.05) is 0 Å². The van der Waals surface area contributed by atoms with Gasteiger partial charge in [-0.3, -0.25) is 4.79 Å². The molecular weight excluding hydrogens is 339 g/mol. The van der Waals surface area contributed by atoms with Gasteiger partial charge in [0.05, 0.1) is 5.56 Å². The summed E-state index contributed by atoms with van der Waals surface area (Å²) in [6.45, 7) is 0. The second kappa shape index (κ2) is 6.92. The number of fused-ring (bicyclic) bond motifs is 2. The lowest BCUT2D eigenvalue weighted by molar-refractivity contribution is -0.0329. The summed E-state index contributed by atoms with van der Waals surface area (Å²) in [5.41, 5.74) is 1.58. The summed E-state index contributed by atoms with van der Waals surface area (Å²) >= 11 is -0.352. The van der Waals surface area contributed by atoms with E-state index in [1.54, 1.807) is 0 Å². The molecule has 1 aromatic heterocycles. The van der Waals surface area contributed by atoms with Crippen molar-refractivity contribution < 1.29 is 18.0 Å². The number of amides is 1. The van der Waals surface area contributed by atoms with Gasteiger partial charge in [-0.2, -0.15) is 13.2 Å². The summed E-state index contributed by atoms with van der Waals surface area (Å²) < 4.78 is 38.0. The van der Waals surface area contributed by atoms with Crippen LogP contribution in [0.3, 0.4) is 0 Å². The average molecular weight is 359 g/mol. The molecule has 0 radical (unpaired) electrons. The van der Waals surface area contributed by atoms with Gasteiger partial charge in [-0.1, -0.05) is 6.42 Å². The van der Waals surface area contributed by atoms with E-state index in [-0.39, 0.29) is 34.4 Å². The SMILES string of the molecule is NC1CC2CCCC(C1)C2NC(=O)c1cccnc1SC(F)(F)F. The molecular formula is C16H20F3N3OS. The van der Waals surface area contributed by atoms with Crippen molar-refractivity contribution in [3.05, 3.63) is 23.9 Å². The third-order valence-corrected chi connectivity index (χ3v) is 5.65. The van der Waals surface area contributed by atoms with Crippen LogP contribution in [0, 0.1) is 11.8 Å². The van der Waals surface area contributed by atoms with Crippen LogP contribution in [0.1, 0.15) is 42.5 Å². The molecule has 1 aromatic rings. The van der Waals surface area contributed by atoms with E-state index in [0.29, 0.717) is 11.8 Å². The molecule has 4 nitrogen and oxygen atoms in total. The zero-order valence-electron chi connectivity index (χ0n) is 13.1. The zero-order valence-corrected chi connectivity index (χ0v) is 13.9. The van der Waals surface area contributed by atoms with Gasteiger partial charge < -0.3 is 11.1 Å². The maximum absolute atomic E-state index is 12.7. The zero-order chi connectivity index (χ0) is 17.3. The number of thioether (sulfide) groups is 1. The normalized spacial score (nSPS) is 30.0. The third-order valence-electron chi connectivity index (χ3n) is 4.90. The van der Waals surface area contributed by atoms with Gasteiger partial charge in [0.1, 0.15) is 5.03 Å². The Labute approximate surface area is 142 Å². The van der Waals surface area contributed by atoms with E-state index in [1.165, 1.54) is 18.3 Å². The van der Waals surface area contributed by atoms with E-state index in [0.717, 1.165) is 32.1 Å². The van der Waals surface area contributed by atoms with Crippen molar-refractivity contribution in [2.75, 3.05) is 0 Å². The van der Waals surface area contributed by atoms with Crippen LogP contribution in [0.5, 0.6) is 0 Å². The van der Waals surface area contributed by atoms with Crippen LogP contribution in [0.2, 0.25) is 0 Å². The van der Waals surface area contributed by atoms with Crippen LogP contribution in [0.15, 0.2) is 23.4 Å². The third kappa shape index (κ3) is 4.03. The van der Waals surface area contributed by atoms with Crippen molar-refractivity contribution in [2.45, 2.75) is 54.7 Å². The number of alkyl halides is 3. The number of hydrogen-bond acceptors (Lipinski definition) is 4. The van der Waals surface area contributed by atoms with Crippen molar-refractivity contribution in [2.24, 2.45) is 17.6 Å². The van der Waals surface area contributed by atoms with E-state index >= 15 is 0 Å². The molecule has 2 fully saturated rings.